The quantitative estimate of drug-likeness (QED) is 0.0296. The Bertz CT molecular complexity index is 2140. The van der Waals surface area contributed by atoms with E-state index in [0.29, 0.717) is 4.90 Å². The first-order valence-electron chi connectivity index (χ1n) is 16.4. The van der Waals surface area contributed by atoms with Crippen LogP contribution in [0.3, 0.4) is 0 Å². The summed E-state index contributed by atoms with van der Waals surface area (Å²) in [5, 5.41) is 35.7. The van der Waals surface area contributed by atoms with Gasteiger partial charge in [0.1, 0.15) is 35.8 Å². The van der Waals surface area contributed by atoms with Crippen LogP contribution in [-0.2, 0) is 49.5 Å². The molecule has 1 aromatic carbocycles. The molecule has 59 heavy (non-hydrogen) atoms. The van der Waals surface area contributed by atoms with Crippen LogP contribution in [0, 0.1) is 0 Å². The van der Waals surface area contributed by atoms with Gasteiger partial charge in [0.25, 0.3) is 16.0 Å². The van der Waals surface area contributed by atoms with E-state index in [-0.39, 0.29) is 118 Å². The second-order valence-corrected chi connectivity index (χ2v) is 15.6. The molecule has 2 fully saturated rings. The number of hydrogen-bond acceptors (Lipinski definition) is 17. The van der Waals surface area contributed by atoms with Gasteiger partial charge in [0.2, 0.25) is 11.1 Å². The number of anilines is 1. The summed E-state index contributed by atoms with van der Waals surface area (Å²) >= 11 is 1.95. The second kappa shape index (κ2) is 21.1. The van der Waals surface area contributed by atoms with Crippen molar-refractivity contribution in [2.24, 2.45) is 5.73 Å². The van der Waals surface area contributed by atoms with Crippen LogP contribution in [0.1, 0.15) is 18.5 Å². The summed E-state index contributed by atoms with van der Waals surface area (Å²) in [4.78, 5) is 104. The third-order valence-corrected chi connectivity index (χ3v) is 11.3. The van der Waals surface area contributed by atoms with Gasteiger partial charge in [-0.3, -0.25) is 43.6 Å². The second-order valence-electron chi connectivity index (χ2n) is 12.1. The number of piperazine rings is 1. The molecule has 0 unspecified atom stereocenters. The van der Waals surface area contributed by atoms with Crippen molar-refractivity contribution in [3.05, 3.63) is 41.1 Å². The van der Waals surface area contributed by atoms with Gasteiger partial charge in [-0.1, -0.05) is 23.9 Å². The first-order valence-corrected chi connectivity index (χ1v) is 20.0. The van der Waals surface area contributed by atoms with Crippen LogP contribution in [-0.4, -0.2) is 220 Å². The fourth-order valence-corrected chi connectivity index (χ4v) is 8.47. The van der Waals surface area contributed by atoms with Crippen molar-refractivity contribution >= 4 is 146 Å². The zero-order valence-corrected chi connectivity index (χ0v) is 31.8. The summed E-state index contributed by atoms with van der Waals surface area (Å²) in [6.07, 6.45) is -1.05. The van der Waals surface area contributed by atoms with Crippen LogP contribution < -0.4 is 21.7 Å². The molecule has 0 spiro atoms. The Morgan fingerprint density at radius 2 is 1.75 bits per heavy atom. The average molecular weight is 904 g/mol. The number of benzene rings is 1. The van der Waals surface area contributed by atoms with Gasteiger partial charge in [0.05, 0.1) is 0 Å². The summed E-state index contributed by atoms with van der Waals surface area (Å²) in [6, 6.07) is -0.296. The number of thioether (sulfide) groups is 2. The molecule has 4 heterocycles. The monoisotopic (exact) mass is 903 g/mol. The van der Waals surface area contributed by atoms with E-state index < -0.39 is 93.8 Å². The van der Waals surface area contributed by atoms with Gasteiger partial charge in [0.15, 0.2) is 5.88 Å². The Labute approximate surface area is 386 Å². The number of β-lactam (4-membered cyclic amide) rings is 1. The van der Waals surface area contributed by atoms with E-state index in [2.05, 4.69) is 31.5 Å². The maximum atomic E-state index is 13.9. The van der Waals surface area contributed by atoms with E-state index in [0.717, 1.165) is 33.1 Å². The molecular weight excluding hydrogens is 869 g/mol. The van der Waals surface area contributed by atoms with E-state index >= 15 is 0 Å². The van der Waals surface area contributed by atoms with Crippen LogP contribution in [0.4, 0.5) is 15.3 Å². The number of nitrogens with two attached hydrogens (primary N) is 1. The number of carbonyl (C=O) groups is 8. The van der Waals surface area contributed by atoms with Crippen LogP contribution >= 0.6 is 23.5 Å². The van der Waals surface area contributed by atoms with Crippen molar-refractivity contribution in [1.29, 1.82) is 0 Å². The Kier molecular flexibility index (Phi) is 17.7. The molecule has 4 atom stereocenters. The number of carboxylic acids is 2. The predicted octanol–water partition coefficient (Wildman–Crippen LogP) is -3.85. The predicted molar refractivity (Wildman–Crippen MR) is 206 cm³/mol. The minimum atomic E-state index is -4.51. The maximum absolute atomic E-state index is 13.9. The number of nitrogens with zero attached hydrogens (tertiary/aromatic N) is 7. The molecule has 310 valence electrons. The number of ether oxygens (including phenoxy) is 1. The molecule has 2 saturated heterocycles. The molecule has 0 aliphatic carbocycles. The number of likely N-dealkylation sites (N-methyl/N-ethyl adjacent to an activating group) is 1. The first kappa shape index (κ1) is 49.5. The van der Waals surface area contributed by atoms with E-state index in [1.165, 1.54) is 29.2 Å². The third-order valence-electron chi connectivity index (χ3n) is 8.37. The molecular formula is C29H35N11Na2O14S3. The van der Waals surface area contributed by atoms with Gasteiger partial charge in [-0.05, 0) is 40.6 Å². The molecule has 0 saturated carbocycles. The topological polar surface area (TPSA) is 356 Å². The van der Waals surface area contributed by atoms with Gasteiger partial charge >= 0.3 is 95.0 Å². The number of urea groups is 1. The molecule has 8 N–H and O–H groups in total. The van der Waals surface area contributed by atoms with Gasteiger partial charge in [-0.2, -0.15) is 8.42 Å². The van der Waals surface area contributed by atoms with E-state index in [9.17, 15) is 51.9 Å². The number of fused-ring (bicyclic) bond motifs is 1. The van der Waals surface area contributed by atoms with E-state index in [4.69, 9.17) is 20.1 Å². The van der Waals surface area contributed by atoms with Crippen molar-refractivity contribution in [3.63, 3.8) is 0 Å². The van der Waals surface area contributed by atoms with E-state index in [1.807, 2.05) is 0 Å². The summed E-state index contributed by atoms with van der Waals surface area (Å²) in [7, 11) is -4.51. The third kappa shape index (κ3) is 11.9. The zero-order valence-electron chi connectivity index (χ0n) is 29.3. The number of imide groups is 1. The Balaban J connectivity index is 0.00000465. The standard InChI is InChI=1S/C29H33N11O14S3.2Na.2H/c1-2-37-7-8-38(23(44)22(37)43)27(49)33-17(13-3-5-15(6-4-13)31-29(50)54-9-16(30)25(45)46)20(41)32-18-21(42)40-19(26(47)48)14(10-55-24(18)40)11-56-28-34-35-36-39(28)12-57(51,52)53;;;;/h3-6,16-18,24H,2,7-12,30H2,1H3,(H,31,50)(H,32,41)(H,33,49)(H,45,46)(H,47,48)(H,51,52,53);;;;/t16-,17-,18-,24-;;;;/m1..../s1. The van der Waals surface area contributed by atoms with Crippen molar-refractivity contribution in [1.82, 2.24) is 45.5 Å². The van der Waals surface area contributed by atoms with Crippen LogP contribution in [0.5, 0.6) is 0 Å². The molecule has 1 aromatic heterocycles. The summed E-state index contributed by atoms with van der Waals surface area (Å²) in [6.45, 7) is 1.07. The number of aliphatic carboxylic acids is 2. The molecule has 2 aromatic rings. The number of hydrogen-bond donors (Lipinski definition) is 7. The van der Waals surface area contributed by atoms with Crippen LogP contribution in [0.15, 0.2) is 40.7 Å². The average Bonchev–Trinajstić information content (AvgIpc) is 3.59. The fourth-order valence-electron chi connectivity index (χ4n) is 5.54. The Morgan fingerprint density at radius 1 is 1.07 bits per heavy atom. The van der Waals surface area contributed by atoms with Gasteiger partial charge in [-0.25, -0.2) is 19.1 Å². The molecule has 3 aliphatic heterocycles. The number of carboxylic acid groups (broad SMARTS) is 2. The van der Waals surface area contributed by atoms with Crippen molar-refractivity contribution in [3.8, 4) is 0 Å². The van der Waals surface area contributed by atoms with Crippen LogP contribution in [0.25, 0.3) is 0 Å². The molecule has 3 aliphatic rings. The molecule has 7 amide bonds. The summed E-state index contributed by atoms with van der Waals surface area (Å²) in [5.41, 5.74) is 5.35. The zero-order chi connectivity index (χ0) is 41.8. The van der Waals surface area contributed by atoms with Crippen molar-refractivity contribution in [2.75, 3.05) is 43.1 Å². The molecule has 5 rings (SSSR count). The number of aromatic nitrogens is 4. The minimum absolute atomic E-state index is 0. The van der Waals surface area contributed by atoms with Crippen LogP contribution in [0.2, 0.25) is 0 Å². The number of carbonyl (C=O) groups excluding carboxylic acids is 6. The number of tetrazole rings is 1. The molecule has 25 nitrogen and oxygen atoms in total. The Hall–Kier alpha value is -3.84. The molecule has 30 heteroatoms. The Morgan fingerprint density at radius 3 is 2.36 bits per heavy atom. The van der Waals surface area contributed by atoms with Gasteiger partial charge in [0, 0.05) is 36.8 Å². The first-order chi connectivity index (χ1) is 26.9. The van der Waals surface area contributed by atoms with Gasteiger partial charge < -0.3 is 36.2 Å². The number of nitrogens with one attached hydrogen (secondary N) is 3. The van der Waals surface area contributed by atoms with Crippen molar-refractivity contribution < 1.29 is 66.3 Å². The summed E-state index contributed by atoms with van der Waals surface area (Å²) in [5.74, 6) is -7.75. The normalized spacial score (nSPS) is 18.6. The molecule has 0 radical (unpaired) electrons. The number of amides is 7. The SMILES string of the molecule is CCN1CCN(C(=O)N[C@@H](C(=O)N[C@@H]2C(=O)N3C(C(=O)O)=C(CSc4nnnn4CS(=O)(=O)O)CS[C@H]23)c2ccc(NC(=O)OC[C@@H](N)C(=O)O)cc2)C(=O)C1=O.[NaH].[NaH]. The molecule has 0 bridgehead atoms. The number of rotatable bonds is 15. The van der Waals surface area contributed by atoms with E-state index in [1.54, 1.807) is 6.92 Å². The summed E-state index contributed by atoms with van der Waals surface area (Å²) < 4.78 is 37.3. The van der Waals surface area contributed by atoms with Crippen molar-refractivity contribution in [2.45, 2.75) is 41.5 Å². The van der Waals surface area contributed by atoms with Gasteiger partial charge in [-0.15, -0.1) is 16.9 Å². The fraction of sp³-hybridized carbons (Fsp3) is 0.414.